The van der Waals surface area contributed by atoms with E-state index in [4.69, 9.17) is 4.74 Å². The minimum absolute atomic E-state index is 0.0988. The molecule has 2 aromatic rings. The molecule has 102 valence electrons. The minimum Gasteiger partial charge on any atom is -0.489 e. The summed E-state index contributed by atoms with van der Waals surface area (Å²) in [6, 6.07) is 16.1. The molecular weight excluding hydrogens is 250 g/mol. The van der Waals surface area contributed by atoms with Crippen molar-refractivity contribution in [3.63, 3.8) is 0 Å². The second-order valence-corrected chi connectivity index (χ2v) is 4.98. The molecule has 0 saturated heterocycles. The van der Waals surface area contributed by atoms with Gasteiger partial charge in [0.2, 0.25) is 5.91 Å². The standard InChI is InChI=1S/C17H17NO2/c19-17-11-14-6-7-16(10-15(14)8-9-18-17)20-12-13-4-2-1-3-5-13/h1-7,10H,8-9,11-12H2,(H,18,19). The van der Waals surface area contributed by atoms with Gasteiger partial charge in [-0.15, -0.1) is 0 Å². The molecule has 0 aromatic heterocycles. The first-order valence-corrected chi connectivity index (χ1v) is 6.86. The molecule has 1 N–H and O–H groups in total. The third-order valence-electron chi connectivity index (χ3n) is 3.49. The molecule has 0 atom stereocenters. The molecule has 1 aliphatic heterocycles. The first-order valence-electron chi connectivity index (χ1n) is 6.86. The summed E-state index contributed by atoms with van der Waals surface area (Å²) in [6.45, 7) is 1.27. The monoisotopic (exact) mass is 267 g/mol. The number of benzene rings is 2. The van der Waals surface area contributed by atoms with Crippen molar-refractivity contribution in [3.05, 3.63) is 65.2 Å². The van der Waals surface area contributed by atoms with Gasteiger partial charge in [-0.1, -0.05) is 36.4 Å². The van der Waals surface area contributed by atoms with Crippen molar-refractivity contribution in [3.8, 4) is 5.75 Å². The maximum atomic E-state index is 11.5. The summed E-state index contributed by atoms with van der Waals surface area (Å²) in [4.78, 5) is 11.5. The number of rotatable bonds is 3. The number of amides is 1. The summed E-state index contributed by atoms with van der Waals surface area (Å²) in [5, 5.41) is 2.89. The maximum absolute atomic E-state index is 11.5. The fourth-order valence-corrected chi connectivity index (χ4v) is 2.41. The predicted octanol–water partition coefficient (Wildman–Crippen LogP) is 2.48. The molecule has 0 aliphatic carbocycles. The highest BCUT2D eigenvalue weighted by Crippen LogP contribution is 2.21. The van der Waals surface area contributed by atoms with Gasteiger partial charge in [0, 0.05) is 6.54 Å². The van der Waals surface area contributed by atoms with E-state index < -0.39 is 0 Å². The Labute approximate surface area is 118 Å². The van der Waals surface area contributed by atoms with Gasteiger partial charge in [0.05, 0.1) is 6.42 Å². The molecule has 0 bridgehead atoms. The summed E-state index contributed by atoms with van der Waals surface area (Å²) >= 11 is 0. The van der Waals surface area contributed by atoms with E-state index in [1.165, 1.54) is 5.56 Å². The Hall–Kier alpha value is -2.29. The summed E-state index contributed by atoms with van der Waals surface area (Å²) in [6.07, 6.45) is 1.33. The molecule has 1 aliphatic rings. The van der Waals surface area contributed by atoms with Gasteiger partial charge in [-0.3, -0.25) is 4.79 Å². The molecule has 2 aromatic carbocycles. The van der Waals surface area contributed by atoms with Gasteiger partial charge in [0.15, 0.2) is 0 Å². The predicted molar refractivity (Wildman–Crippen MR) is 77.6 cm³/mol. The average molecular weight is 267 g/mol. The van der Waals surface area contributed by atoms with E-state index >= 15 is 0 Å². The fraction of sp³-hybridized carbons (Fsp3) is 0.235. The van der Waals surface area contributed by atoms with Crippen molar-refractivity contribution >= 4 is 5.91 Å². The van der Waals surface area contributed by atoms with E-state index in [0.29, 0.717) is 19.6 Å². The van der Waals surface area contributed by atoms with Crippen LogP contribution < -0.4 is 10.1 Å². The van der Waals surface area contributed by atoms with E-state index in [2.05, 4.69) is 11.4 Å². The Kier molecular flexibility index (Phi) is 3.68. The quantitative estimate of drug-likeness (QED) is 0.927. The lowest BCUT2D eigenvalue weighted by Gasteiger charge is -2.10. The first kappa shape index (κ1) is 12.7. The number of carbonyl (C=O) groups excluding carboxylic acids is 1. The zero-order chi connectivity index (χ0) is 13.8. The van der Waals surface area contributed by atoms with E-state index in [9.17, 15) is 4.79 Å². The Morgan fingerprint density at radius 3 is 2.75 bits per heavy atom. The smallest absolute Gasteiger partial charge is 0.224 e. The van der Waals surface area contributed by atoms with Crippen molar-refractivity contribution in [2.75, 3.05) is 6.54 Å². The summed E-state index contributed by atoms with van der Waals surface area (Å²) in [5.74, 6) is 0.962. The molecule has 0 spiro atoms. The Bertz CT molecular complexity index is 608. The second-order valence-electron chi connectivity index (χ2n) is 4.98. The first-order chi connectivity index (χ1) is 9.81. The lowest BCUT2D eigenvalue weighted by atomic mass is 10.0. The van der Waals surface area contributed by atoms with Crippen molar-refractivity contribution in [2.45, 2.75) is 19.4 Å². The minimum atomic E-state index is 0.0988. The molecule has 1 amide bonds. The zero-order valence-corrected chi connectivity index (χ0v) is 11.3. The normalized spacial score (nSPS) is 14.1. The van der Waals surface area contributed by atoms with Gasteiger partial charge >= 0.3 is 0 Å². The van der Waals surface area contributed by atoms with Gasteiger partial charge < -0.3 is 10.1 Å². The number of hydrogen-bond acceptors (Lipinski definition) is 2. The van der Waals surface area contributed by atoms with Crippen LogP contribution in [0.4, 0.5) is 0 Å². The third kappa shape index (κ3) is 2.99. The number of carbonyl (C=O) groups is 1. The molecular formula is C17H17NO2. The molecule has 3 rings (SSSR count). The molecule has 3 nitrogen and oxygen atoms in total. The highest BCUT2D eigenvalue weighted by molar-refractivity contribution is 5.79. The lowest BCUT2D eigenvalue weighted by Crippen LogP contribution is -2.24. The van der Waals surface area contributed by atoms with Crippen LogP contribution in [0.15, 0.2) is 48.5 Å². The van der Waals surface area contributed by atoms with Crippen LogP contribution >= 0.6 is 0 Å². The molecule has 20 heavy (non-hydrogen) atoms. The lowest BCUT2D eigenvalue weighted by molar-refractivity contribution is -0.120. The van der Waals surface area contributed by atoms with Crippen LogP contribution in [-0.4, -0.2) is 12.5 Å². The van der Waals surface area contributed by atoms with Gasteiger partial charge in [-0.2, -0.15) is 0 Å². The van der Waals surface area contributed by atoms with Gasteiger partial charge in [0.25, 0.3) is 0 Å². The number of fused-ring (bicyclic) bond motifs is 1. The number of nitrogens with one attached hydrogen (secondary N) is 1. The Morgan fingerprint density at radius 2 is 1.90 bits per heavy atom. The van der Waals surface area contributed by atoms with Crippen LogP contribution in [0.5, 0.6) is 5.75 Å². The van der Waals surface area contributed by atoms with Crippen molar-refractivity contribution in [2.24, 2.45) is 0 Å². The SMILES string of the molecule is O=C1Cc2ccc(OCc3ccccc3)cc2CCN1. The summed E-state index contributed by atoms with van der Waals surface area (Å²) < 4.78 is 5.82. The largest absolute Gasteiger partial charge is 0.489 e. The van der Waals surface area contributed by atoms with Crippen LogP contribution in [0.25, 0.3) is 0 Å². The topological polar surface area (TPSA) is 38.3 Å². The fourth-order valence-electron chi connectivity index (χ4n) is 2.41. The van der Waals surface area contributed by atoms with Gasteiger partial charge in [0.1, 0.15) is 12.4 Å². The van der Waals surface area contributed by atoms with E-state index in [-0.39, 0.29) is 5.91 Å². The van der Waals surface area contributed by atoms with Crippen LogP contribution in [0, 0.1) is 0 Å². The van der Waals surface area contributed by atoms with Crippen LogP contribution in [0.1, 0.15) is 16.7 Å². The molecule has 1 heterocycles. The highest BCUT2D eigenvalue weighted by atomic mass is 16.5. The highest BCUT2D eigenvalue weighted by Gasteiger charge is 2.13. The molecule has 3 heteroatoms. The Morgan fingerprint density at radius 1 is 1.05 bits per heavy atom. The molecule has 0 fully saturated rings. The van der Waals surface area contributed by atoms with Gasteiger partial charge in [-0.05, 0) is 35.2 Å². The van der Waals surface area contributed by atoms with E-state index in [1.807, 2.05) is 42.5 Å². The average Bonchev–Trinajstić information content (AvgIpc) is 2.66. The Balaban J connectivity index is 1.72. The maximum Gasteiger partial charge on any atom is 0.224 e. The van der Waals surface area contributed by atoms with Crippen molar-refractivity contribution in [1.82, 2.24) is 5.32 Å². The van der Waals surface area contributed by atoms with E-state index in [0.717, 1.165) is 23.3 Å². The molecule has 0 unspecified atom stereocenters. The molecule has 0 radical (unpaired) electrons. The summed E-state index contributed by atoms with van der Waals surface area (Å²) in [5.41, 5.74) is 3.46. The van der Waals surface area contributed by atoms with Crippen molar-refractivity contribution in [1.29, 1.82) is 0 Å². The van der Waals surface area contributed by atoms with Gasteiger partial charge in [-0.25, -0.2) is 0 Å². The zero-order valence-electron chi connectivity index (χ0n) is 11.3. The molecule has 0 saturated carbocycles. The van der Waals surface area contributed by atoms with Crippen LogP contribution in [0.2, 0.25) is 0 Å². The second kappa shape index (κ2) is 5.78. The van der Waals surface area contributed by atoms with E-state index in [1.54, 1.807) is 0 Å². The third-order valence-corrected chi connectivity index (χ3v) is 3.49. The van der Waals surface area contributed by atoms with Crippen LogP contribution in [-0.2, 0) is 24.2 Å². The van der Waals surface area contributed by atoms with Crippen molar-refractivity contribution < 1.29 is 9.53 Å². The summed E-state index contributed by atoms with van der Waals surface area (Å²) in [7, 11) is 0. The number of ether oxygens (including phenoxy) is 1. The number of hydrogen-bond donors (Lipinski definition) is 1. The van der Waals surface area contributed by atoms with Crippen LogP contribution in [0.3, 0.4) is 0 Å².